The van der Waals surface area contributed by atoms with Crippen molar-refractivity contribution in [3.8, 4) is 0 Å². The number of para-hydroxylation sites is 1. The number of anilines is 1. The second-order valence-electron chi connectivity index (χ2n) is 7.28. The minimum Gasteiger partial charge on any atom is -0.348 e. The van der Waals surface area contributed by atoms with Gasteiger partial charge in [-0.05, 0) is 24.6 Å². The monoisotopic (exact) mass is 414 g/mol. The van der Waals surface area contributed by atoms with E-state index < -0.39 is 0 Å². The number of carbonyl (C=O) groups excluding carboxylic acids is 2. The zero-order chi connectivity index (χ0) is 20.6. The van der Waals surface area contributed by atoms with Crippen molar-refractivity contribution in [1.82, 2.24) is 15.1 Å². The fraction of sp³-hybridized carbons (Fsp3) is 0.364. The maximum atomic E-state index is 12.3. The minimum atomic E-state index is -0.0824. The molecule has 0 saturated carbocycles. The molecule has 0 aliphatic carbocycles. The van der Waals surface area contributed by atoms with Gasteiger partial charge in [-0.1, -0.05) is 54.1 Å². The second kappa shape index (κ2) is 10.4. The summed E-state index contributed by atoms with van der Waals surface area (Å²) in [5.41, 5.74) is 1.72. The van der Waals surface area contributed by atoms with Crippen molar-refractivity contribution in [2.24, 2.45) is 0 Å². The first-order chi connectivity index (χ1) is 14.0. The van der Waals surface area contributed by atoms with Gasteiger partial charge in [0, 0.05) is 26.2 Å². The maximum absolute atomic E-state index is 12.3. The number of benzene rings is 2. The number of hydrogen-bond acceptors (Lipinski definition) is 4. The third kappa shape index (κ3) is 6.56. The smallest absolute Gasteiger partial charge is 0.238 e. The van der Waals surface area contributed by atoms with Crippen molar-refractivity contribution in [3.63, 3.8) is 0 Å². The summed E-state index contributed by atoms with van der Waals surface area (Å²) in [5, 5.41) is 6.43. The molecule has 1 atom stereocenters. The lowest BCUT2D eigenvalue weighted by molar-refractivity contribution is -0.124. The molecule has 1 heterocycles. The summed E-state index contributed by atoms with van der Waals surface area (Å²) in [6, 6.07) is 17.1. The predicted octanol–water partition coefficient (Wildman–Crippen LogP) is 2.77. The van der Waals surface area contributed by atoms with Crippen molar-refractivity contribution in [3.05, 3.63) is 65.2 Å². The number of piperazine rings is 1. The number of halogens is 1. The summed E-state index contributed by atoms with van der Waals surface area (Å²) in [5.74, 6) is -0.0627. The Kier molecular flexibility index (Phi) is 7.63. The molecule has 29 heavy (non-hydrogen) atoms. The first-order valence-electron chi connectivity index (χ1n) is 9.84. The van der Waals surface area contributed by atoms with E-state index in [-0.39, 0.29) is 17.9 Å². The van der Waals surface area contributed by atoms with Crippen LogP contribution in [0.4, 0.5) is 5.69 Å². The standard InChI is InChI=1S/C22H27ClN4O2/c1-17(18-7-3-2-4-8-18)24-21(28)15-26-11-13-27(14-12-26)16-22(29)25-20-10-6-5-9-19(20)23/h2-10,17H,11-16H2,1H3,(H,24,28)(H,25,29)/t17-/m1/s1. The number of carbonyl (C=O) groups is 2. The van der Waals surface area contributed by atoms with Gasteiger partial charge in [0.2, 0.25) is 11.8 Å². The lowest BCUT2D eigenvalue weighted by Gasteiger charge is -2.34. The van der Waals surface area contributed by atoms with Gasteiger partial charge in [0.25, 0.3) is 0 Å². The molecule has 1 saturated heterocycles. The van der Waals surface area contributed by atoms with Gasteiger partial charge in [0.15, 0.2) is 0 Å². The highest BCUT2D eigenvalue weighted by Gasteiger charge is 2.21. The molecule has 154 valence electrons. The van der Waals surface area contributed by atoms with Crippen LogP contribution in [0, 0.1) is 0 Å². The average molecular weight is 415 g/mol. The maximum Gasteiger partial charge on any atom is 0.238 e. The summed E-state index contributed by atoms with van der Waals surface area (Å²) < 4.78 is 0. The Morgan fingerprint density at radius 1 is 0.897 bits per heavy atom. The van der Waals surface area contributed by atoms with Gasteiger partial charge in [0.1, 0.15) is 0 Å². The van der Waals surface area contributed by atoms with Crippen LogP contribution in [0.1, 0.15) is 18.5 Å². The first kappa shape index (κ1) is 21.3. The normalized spacial score (nSPS) is 16.2. The molecule has 1 aliphatic heterocycles. The van der Waals surface area contributed by atoms with Crippen LogP contribution in [-0.2, 0) is 9.59 Å². The fourth-order valence-corrected chi connectivity index (χ4v) is 3.56. The highest BCUT2D eigenvalue weighted by molar-refractivity contribution is 6.33. The largest absolute Gasteiger partial charge is 0.348 e. The predicted molar refractivity (Wildman–Crippen MR) is 116 cm³/mol. The van der Waals surface area contributed by atoms with Crippen LogP contribution in [0.15, 0.2) is 54.6 Å². The lowest BCUT2D eigenvalue weighted by atomic mass is 10.1. The Morgan fingerprint density at radius 2 is 1.45 bits per heavy atom. The third-order valence-electron chi connectivity index (χ3n) is 5.02. The minimum absolute atomic E-state index is 0.0153. The molecule has 2 aromatic carbocycles. The highest BCUT2D eigenvalue weighted by Crippen LogP contribution is 2.20. The van der Waals surface area contributed by atoms with Gasteiger partial charge >= 0.3 is 0 Å². The summed E-state index contributed by atoms with van der Waals surface area (Å²) in [6.07, 6.45) is 0. The fourth-order valence-electron chi connectivity index (χ4n) is 3.38. The summed E-state index contributed by atoms with van der Waals surface area (Å²) in [4.78, 5) is 28.8. The third-order valence-corrected chi connectivity index (χ3v) is 5.35. The summed E-state index contributed by atoms with van der Waals surface area (Å²) in [6.45, 7) is 5.68. The molecule has 6 nitrogen and oxygen atoms in total. The van der Waals surface area contributed by atoms with E-state index in [0.29, 0.717) is 23.8 Å². The molecule has 7 heteroatoms. The van der Waals surface area contributed by atoms with Crippen LogP contribution in [0.5, 0.6) is 0 Å². The van der Waals surface area contributed by atoms with E-state index in [9.17, 15) is 9.59 Å². The molecule has 2 amide bonds. The van der Waals surface area contributed by atoms with Crippen molar-refractivity contribution >= 4 is 29.1 Å². The van der Waals surface area contributed by atoms with Crippen LogP contribution in [-0.4, -0.2) is 60.9 Å². The van der Waals surface area contributed by atoms with E-state index >= 15 is 0 Å². The lowest BCUT2D eigenvalue weighted by Crippen LogP contribution is -2.51. The molecule has 2 N–H and O–H groups in total. The molecule has 0 aromatic heterocycles. The number of rotatable bonds is 7. The number of nitrogens with one attached hydrogen (secondary N) is 2. The van der Waals surface area contributed by atoms with E-state index in [2.05, 4.69) is 20.4 Å². The Morgan fingerprint density at radius 3 is 2.07 bits per heavy atom. The second-order valence-corrected chi connectivity index (χ2v) is 7.69. The molecule has 1 fully saturated rings. The molecule has 0 radical (unpaired) electrons. The Hall–Kier alpha value is -2.41. The number of nitrogens with zero attached hydrogens (tertiary/aromatic N) is 2. The van der Waals surface area contributed by atoms with Crippen LogP contribution in [0.2, 0.25) is 5.02 Å². The molecule has 3 rings (SSSR count). The van der Waals surface area contributed by atoms with Crippen molar-refractivity contribution in [2.75, 3.05) is 44.6 Å². The van der Waals surface area contributed by atoms with E-state index in [1.54, 1.807) is 12.1 Å². The average Bonchev–Trinajstić information content (AvgIpc) is 2.72. The van der Waals surface area contributed by atoms with Crippen LogP contribution < -0.4 is 10.6 Å². The molecule has 0 spiro atoms. The van der Waals surface area contributed by atoms with Crippen LogP contribution in [0.3, 0.4) is 0 Å². The van der Waals surface area contributed by atoms with Gasteiger partial charge in [0.05, 0.1) is 29.8 Å². The van der Waals surface area contributed by atoms with Gasteiger partial charge in [-0.15, -0.1) is 0 Å². The molecular formula is C22H27ClN4O2. The molecule has 0 bridgehead atoms. The Labute approximate surface area is 176 Å². The summed E-state index contributed by atoms with van der Waals surface area (Å²) in [7, 11) is 0. The molecule has 0 unspecified atom stereocenters. The van der Waals surface area contributed by atoms with Gasteiger partial charge in [-0.2, -0.15) is 0 Å². The zero-order valence-corrected chi connectivity index (χ0v) is 17.4. The van der Waals surface area contributed by atoms with Crippen molar-refractivity contribution in [2.45, 2.75) is 13.0 Å². The zero-order valence-electron chi connectivity index (χ0n) is 16.6. The van der Waals surface area contributed by atoms with E-state index in [1.807, 2.05) is 49.4 Å². The Balaban J connectivity index is 1.38. The van der Waals surface area contributed by atoms with E-state index in [0.717, 1.165) is 31.7 Å². The molecule has 1 aliphatic rings. The van der Waals surface area contributed by atoms with E-state index in [1.165, 1.54) is 0 Å². The van der Waals surface area contributed by atoms with Crippen molar-refractivity contribution < 1.29 is 9.59 Å². The summed E-state index contributed by atoms with van der Waals surface area (Å²) >= 11 is 6.08. The Bertz CT molecular complexity index is 823. The topological polar surface area (TPSA) is 64.7 Å². The van der Waals surface area contributed by atoms with E-state index in [4.69, 9.17) is 11.6 Å². The highest BCUT2D eigenvalue weighted by atomic mass is 35.5. The van der Waals surface area contributed by atoms with Crippen LogP contribution in [0.25, 0.3) is 0 Å². The quantitative estimate of drug-likeness (QED) is 0.731. The van der Waals surface area contributed by atoms with Gasteiger partial charge < -0.3 is 10.6 Å². The van der Waals surface area contributed by atoms with Gasteiger partial charge in [-0.3, -0.25) is 19.4 Å². The first-order valence-corrected chi connectivity index (χ1v) is 10.2. The van der Waals surface area contributed by atoms with Gasteiger partial charge in [-0.25, -0.2) is 0 Å². The van der Waals surface area contributed by atoms with Crippen molar-refractivity contribution in [1.29, 1.82) is 0 Å². The SMILES string of the molecule is C[C@@H](NC(=O)CN1CCN(CC(=O)Nc2ccccc2Cl)CC1)c1ccccc1. The number of amides is 2. The molecular weight excluding hydrogens is 388 g/mol. The number of hydrogen-bond donors (Lipinski definition) is 2. The molecule has 2 aromatic rings. The van der Waals surface area contributed by atoms with Crippen LogP contribution >= 0.6 is 11.6 Å².